The maximum absolute atomic E-state index is 11.7. The molecule has 13 heavy (non-hydrogen) atoms. The van der Waals surface area contributed by atoms with Gasteiger partial charge in [-0.15, -0.1) is 0 Å². The molecule has 1 aliphatic heterocycles. The molecule has 2 rings (SSSR count). The van der Waals surface area contributed by atoms with Crippen LogP contribution in [0.3, 0.4) is 0 Å². The Morgan fingerprint density at radius 1 is 1.46 bits per heavy atom. The summed E-state index contributed by atoms with van der Waals surface area (Å²) in [6, 6.07) is 0. The first-order chi connectivity index (χ1) is 6.13. The maximum atomic E-state index is 11.7. The molecule has 1 saturated heterocycles. The molecule has 72 valence electrons. The fourth-order valence-electron chi connectivity index (χ4n) is 2.36. The van der Waals surface area contributed by atoms with E-state index in [1.807, 2.05) is 6.92 Å². The van der Waals surface area contributed by atoms with Crippen molar-refractivity contribution in [1.29, 1.82) is 0 Å². The Hall–Kier alpha value is -0.860. The summed E-state index contributed by atoms with van der Waals surface area (Å²) in [6.45, 7) is 2.24. The number of ether oxygens (including phenoxy) is 1. The number of Topliss-reactive ketones (excluding diaryl/α,β-unsaturated/α-hetero) is 1. The van der Waals surface area contributed by atoms with Gasteiger partial charge in [-0.2, -0.15) is 0 Å². The summed E-state index contributed by atoms with van der Waals surface area (Å²) in [4.78, 5) is 22.7. The summed E-state index contributed by atoms with van der Waals surface area (Å²) < 4.78 is 4.96. The molecule has 0 aromatic heterocycles. The normalized spacial score (nSPS) is 39.6. The predicted octanol–water partition coefficient (Wildman–Crippen LogP) is 1.31. The zero-order valence-corrected chi connectivity index (χ0v) is 7.84. The summed E-state index contributed by atoms with van der Waals surface area (Å²) in [7, 11) is 0. The molecular weight excluding hydrogens is 168 g/mol. The number of cyclic esters (lactones) is 1. The monoisotopic (exact) mass is 182 g/mol. The van der Waals surface area contributed by atoms with E-state index in [1.54, 1.807) is 0 Å². The van der Waals surface area contributed by atoms with Crippen LogP contribution in [0.25, 0.3) is 0 Å². The Bertz CT molecular complexity index is 259. The van der Waals surface area contributed by atoms with Crippen LogP contribution in [0.2, 0.25) is 0 Å². The minimum absolute atomic E-state index is 0.142. The molecule has 1 heterocycles. The van der Waals surface area contributed by atoms with Crippen LogP contribution in [0.15, 0.2) is 0 Å². The summed E-state index contributed by atoms with van der Waals surface area (Å²) in [5, 5.41) is 0. The smallest absolute Gasteiger partial charge is 0.306 e. The Morgan fingerprint density at radius 2 is 2.23 bits per heavy atom. The van der Waals surface area contributed by atoms with Gasteiger partial charge >= 0.3 is 5.97 Å². The van der Waals surface area contributed by atoms with Crippen LogP contribution in [0.4, 0.5) is 0 Å². The summed E-state index contributed by atoms with van der Waals surface area (Å²) in [6.07, 6.45) is 3.02. The molecule has 0 aromatic rings. The van der Waals surface area contributed by atoms with Gasteiger partial charge < -0.3 is 4.74 Å². The molecule has 0 amide bonds. The highest BCUT2D eigenvalue weighted by Crippen LogP contribution is 2.43. The van der Waals surface area contributed by atoms with Gasteiger partial charge in [0.05, 0.1) is 5.41 Å². The topological polar surface area (TPSA) is 43.4 Å². The average Bonchev–Trinajstić information content (AvgIpc) is 2.09. The van der Waals surface area contributed by atoms with Gasteiger partial charge in [0.15, 0.2) is 0 Å². The van der Waals surface area contributed by atoms with Crippen molar-refractivity contribution in [3.8, 4) is 0 Å². The zero-order valence-electron chi connectivity index (χ0n) is 7.84. The quantitative estimate of drug-likeness (QED) is 0.530. The average molecular weight is 182 g/mol. The van der Waals surface area contributed by atoms with Crippen LogP contribution < -0.4 is 0 Å². The van der Waals surface area contributed by atoms with E-state index in [-0.39, 0.29) is 23.1 Å². The highest BCUT2D eigenvalue weighted by molar-refractivity contribution is 5.87. The van der Waals surface area contributed by atoms with Crippen molar-refractivity contribution in [2.24, 2.45) is 11.3 Å². The second-order valence-electron chi connectivity index (χ2n) is 4.29. The van der Waals surface area contributed by atoms with Gasteiger partial charge in [0, 0.05) is 12.8 Å². The second kappa shape index (κ2) is 2.82. The number of carbonyl (C=O) groups excluding carboxylic acids is 2. The van der Waals surface area contributed by atoms with Crippen LogP contribution in [0.1, 0.15) is 32.6 Å². The van der Waals surface area contributed by atoms with E-state index in [0.717, 1.165) is 12.8 Å². The van der Waals surface area contributed by atoms with Crippen LogP contribution in [0.5, 0.6) is 0 Å². The number of carbonyl (C=O) groups is 2. The molecule has 0 spiro atoms. The number of esters is 1. The molecule has 1 saturated carbocycles. The van der Waals surface area contributed by atoms with E-state index < -0.39 is 0 Å². The number of fused-ring (bicyclic) bond motifs is 1. The van der Waals surface area contributed by atoms with Crippen molar-refractivity contribution in [1.82, 2.24) is 0 Å². The number of ketones is 1. The van der Waals surface area contributed by atoms with Gasteiger partial charge in [-0.25, -0.2) is 0 Å². The number of hydrogen-bond acceptors (Lipinski definition) is 3. The molecule has 0 unspecified atom stereocenters. The van der Waals surface area contributed by atoms with Crippen molar-refractivity contribution < 1.29 is 14.3 Å². The SMILES string of the molecule is C[C@]12COC(=O)C[C@@H]1CCCC2=O. The predicted molar refractivity (Wildman–Crippen MR) is 46.0 cm³/mol. The molecule has 1 aliphatic carbocycles. The third kappa shape index (κ3) is 1.26. The lowest BCUT2D eigenvalue weighted by atomic mass is 9.65. The molecule has 2 fully saturated rings. The van der Waals surface area contributed by atoms with E-state index >= 15 is 0 Å². The van der Waals surface area contributed by atoms with Crippen LogP contribution >= 0.6 is 0 Å². The van der Waals surface area contributed by atoms with Gasteiger partial charge in [0.2, 0.25) is 0 Å². The molecule has 0 aromatic carbocycles. The molecule has 0 radical (unpaired) electrons. The van der Waals surface area contributed by atoms with Gasteiger partial charge in [0.1, 0.15) is 12.4 Å². The van der Waals surface area contributed by atoms with Gasteiger partial charge in [-0.1, -0.05) is 0 Å². The first kappa shape index (κ1) is 8.73. The number of rotatable bonds is 0. The van der Waals surface area contributed by atoms with Crippen LogP contribution in [-0.4, -0.2) is 18.4 Å². The number of hydrogen-bond donors (Lipinski definition) is 0. The van der Waals surface area contributed by atoms with E-state index in [1.165, 1.54) is 0 Å². The molecule has 2 atom stereocenters. The largest absolute Gasteiger partial charge is 0.465 e. The Balaban J connectivity index is 2.22. The highest BCUT2D eigenvalue weighted by Gasteiger charge is 2.47. The lowest BCUT2D eigenvalue weighted by Crippen LogP contribution is -2.47. The first-order valence-corrected chi connectivity index (χ1v) is 4.82. The summed E-state index contributed by atoms with van der Waals surface area (Å²) in [5.74, 6) is 0.364. The van der Waals surface area contributed by atoms with Gasteiger partial charge in [-0.3, -0.25) is 9.59 Å². The Morgan fingerprint density at radius 3 is 3.00 bits per heavy atom. The van der Waals surface area contributed by atoms with E-state index in [2.05, 4.69) is 0 Å². The van der Waals surface area contributed by atoms with Crippen molar-refractivity contribution in [2.75, 3.05) is 6.61 Å². The summed E-state index contributed by atoms with van der Waals surface area (Å²) in [5.41, 5.74) is -0.369. The molecule has 0 N–H and O–H groups in total. The van der Waals surface area contributed by atoms with Crippen LogP contribution in [0, 0.1) is 11.3 Å². The van der Waals surface area contributed by atoms with Gasteiger partial charge in [-0.05, 0) is 25.7 Å². The standard InChI is InChI=1S/C10H14O3/c1-10-6-13-9(12)5-7(10)3-2-4-8(10)11/h7H,2-6H2,1H3/t7-,10-/m0/s1. The fraction of sp³-hybridized carbons (Fsp3) is 0.800. The fourth-order valence-corrected chi connectivity index (χ4v) is 2.36. The Kier molecular flexibility index (Phi) is 1.90. The third-order valence-corrected chi connectivity index (χ3v) is 3.44. The molecule has 3 heteroatoms. The van der Waals surface area contributed by atoms with E-state index in [9.17, 15) is 9.59 Å². The highest BCUT2D eigenvalue weighted by atomic mass is 16.5. The molecule has 2 aliphatic rings. The minimum atomic E-state index is -0.369. The maximum Gasteiger partial charge on any atom is 0.306 e. The lowest BCUT2D eigenvalue weighted by molar-refractivity contribution is -0.166. The first-order valence-electron chi connectivity index (χ1n) is 4.82. The lowest BCUT2D eigenvalue weighted by Gasteiger charge is -2.42. The van der Waals surface area contributed by atoms with Crippen molar-refractivity contribution in [3.05, 3.63) is 0 Å². The van der Waals surface area contributed by atoms with E-state index in [4.69, 9.17) is 4.74 Å². The van der Waals surface area contributed by atoms with Crippen molar-refractivity contribution >= 4 is 11.8 Å². The molecular formula is C10H14O3. The molecule has 0 bridgehead atoms. The third-order valence-electron chi connectivity index (χ3n) is 3.44. The van der Waals surface area contributed by atoms with Gasteiger partial charge in [0.25, 0.3) is 0 Å². The zero-order chi connectivity index (χ0) is 9.47. The van der Waals surface area contributed by atoms with Crippen molar-refractivity contribution in [2.45, 2.75) is 32.6 Å². The van der Waals surface area contributed by atoms with Crippen molar-refractivity contribution in [3.63, 3.8) is 0 Å². The van der Waals surface area contributed by atoms with E-state index in [0.29, 0.717) is 19.4 Å². The van der Waals surface area contributed by atoms with Crippen LogP contribution in [-0.2, 0) is 14.3 Å². The minimum Gasteiger partial charge on any atom is -0.465 e. The Labute approximate surface area is 77.4 Å². The summed E-state index contributed by atoms with van der Waals surface area (Å²) >= 11 is 0. The second-order valence-corrected chi connectivity index (χ2v) is 4.29. The molecule has 3 nitrogen and oxygen atoms in total.